The average molecular weight is 551 g/mol. The molecule has 228 valence electrons. The number of piperidine rings is 1. The van der Waals surface area contributed by atoms with Gasteiger partial charge >= 0.3 is 5.97 Å². The highest BCUT2D eigenvalue weighted by Crippen LogP contribution is 2.24. The number of amides is 1. The summed E-state index contributed by atoms with van der Waals surface area (Å²) in [6.07, 6.45) is 9.00. The fourth-order valence-corrected chi connectivity index (χ4v) is 4.94. The van der Waals surface area contributed by atoms with Gasteiger partial charge in [-0.25, -0.2) is 0 Å². The minimum Gasteiger partial charge on any atom is -0.465 e. The number of ether oxygens (including phenoxy) is 1. The van der Waals surface area contributed by atoms with Gasteiger partial charge in [-0.1, -0.05) is 53.9 Å². The molecular weight excluding hydrogens is 488 g/mol. The summed E-state index contributed by atoms with van der Waals surface area (Å²) in [5, 5.41) is 3.08. The number of rotatable bonds is 8. The molecule has 0 bridgehead atoms. The minimum atomic E-state index is -0.160. The van der Waals surface area contributed by atoms with Gasteiger partial charge in [0.25, 0.3) is 0 Å². The molecule has 2 fully saturated rings. The topological polar surface area (TPSA) is 97.0 Å². The van der Waals surface area contributed by atoms with Crippen LogP contribution in [0.2, 0.25) is 0 Å². The van der Waals surface area contributed by atoms with Crippen LogP contribution in [-0.2, 0) is 14.3 Å². The van der Waals surface area contributed by atoms with Crippen LogP contribution in [0.25, 0.3) is 0 Å². The first-order valence-corrected chi connectivity index (χ1v) is 15.0. The number of carbonyl (C=O) groups excluding carboxylic acids is 2. The zero-order valence-electron chi connectivity index (χ0n) is 27.0. The molecule has 1 aliphatic heterocycles. The summed E-state index contributed by atoms with van der Waals surface area (Å²) < 4.78 is 5.00. The Morgan fingerprint density at radius 1 is 0.974 bits per heavy atom. The number of carbonyl (C=O) groups is 2. The van der Waals surface area contributed by atoms with E-state index in [1.165, 1.54) is 32.1 Å². The molecule has 0 aromatic carbocycles. The van der Waals surface area contributed by atoms with E-state index in [4.69, 9.17) is 10.5 Å². The Morgan fingerprint density at radius 3 is 1.92 bits per heavy atom. The van der Waals surface area contributed by atoms with E-state index in [1.54, 1.807) is 7.05 Å². The molecule has 1 heterocycles. The van der Waals surface area contributed by atoms with Crippen molar-refractivity contribution in [2.24, 2.45) is 28.0 Å². The van der Waals surface area contributed by atoms with Crippen LogP contribution in [0, 0.1) is 17.3 Å². The van der Waals surface area contributed by atoms with Crippen LogP contribution in [-0.4, -0.2) is 68.9 Å². The molecule has 0 unspecified atom stereocenters. The number of nitrogens with two attached hydrogens (primary N) is 1. The SMILES string of the molecule is C=C.CC.CCOC(=O)CN1CCC(CNC(=O)/C(C)=C(\C)C(=NC)C(C)(C)C)CC1.NCC1CCCCC1. The van der Waals surface area contributed by atoms with Gasteiger partial charge in [-0.2, -0.15) is 0 Å². The summed E-state index contributed by atoms with van der Waals surface area (Å²) in [5.41, 5.74) is 8.05. The van der Waals surface area contributed by atoms with Crippen molar-refractivity contribution in [3.63, 3.8) is 0 Å². The van der Waals surface area contributed by atoms with Crippen molar-refractivity contribution in [2.75, 3.05) is 46.4 Å². The quantitative estimate of drug-likeness (QED) is 0.163. The number of hydrogen-bond acceptors (Lipinski definition) is 6. The van der Waals surface area contributed by atoms with Gasteiger partial charge in [0, 0.05) is 30.3 Å². The van der Waals surface area contributed by atoms with E-state index in [1.807, 2.05) is 34.6 Å². The van der Waals surface area contributed by atoms with Gasteiger partial charge in [-0.15, -0.1) is 13.2 Å². The number of aliphatic imine (C=N–C) groups is 1. The Kier molecular flexibility index (Phi) is 22.9. The maximum Gasteiger partial charge on any atom is 0.320 e. The smallest absolute Gasteiger partial charge is 0.320 e. The van der Waals surface area contributed by atoms with Crippen molar-refractivity contribution in [1.82, 2.24) is 10.2 Å². The molecule has 7 nitrogen and oxygen atoms in total. The van der Waals surface area contributed by atoms with Gasteiger partial charge in [0.15, 0.2) is 0 Å². The molecule has 7 heteroatoms. The number of likely N-dealkylation sites (tertiary alicyclic amines) is 1. The summed E-state index contributed by atoms with van der Waals surface area (Å²) in [5.74, 6) is 1.13. The van der Waals surface area contributed by atoms with Gasteiger partial charge in [-0.05, 0) is 83.5 Å². The first-order valence-electron chi connectivity index (χ1n) is 15.0. The molecule has 1 amide bonds. The lowest BCUT2D eigenvalue weighted by atomic mass is 9.84. The Balaban J connectivity index is 0. The van der Waals surface area contributed by atoms with Gasteiger partial charge < -0.3 is 15.8 Å². The highest BCUT2D eigenvalue weighted by atomic mass is 16.5. The Morgan fingerprint density at radius 2 is 1.51 bits per heavy atom. The monoisotopic (exact) mass is 550 g/mol. The van der Waals surface area contributed by atoms with Gasteiger partial charge in [0.2, 0.25) is 5.91 Å². The molecular formula is C32H62N4O3. The molecule has 1 saturated carbocycles. The molecule has 0 aromatic rings. The van der Waals surface area contributed by atoms with E-state index in [9.17, 15) is 9.59 Å². The summed E-state index contributed by atoms with van der Waals surface area (Å²) in [7, 11) is 1.78. The highest BCUT2D eigenvalue weighted by molar-refractivity contribution is 6.09. The zero-order valence-corrected chi connectivity index (χ0v) is 27.0. The second kappa shape index (κ2) is 22.8. The number of nitrogens with one attached hydrogen (secondary N) is 1. The standard InChI is InChI=1S/C21H37N3O3.C7H15N.C2H6.C2H4/c1-8-27-18(25)14-24-11-9-17(10-12-24)13-23-20(26)16(3)15(2)19(22-7)21(4,5)6;8-6-7-4-2-1-3-5-7;2*1-2/h17H,8-14H2,1-7H3,(H,23,26);7H,1-6,8H2;1-2H3;1-2H2/b16-15+,22-19?;;;. The zero-order chi connectivity index (χ0) is 30.4. The summed E-state index contributed by atoms with van der Waals surface area (Å²) in [6, 6.07) is 0. The lowest BCUT2D eigenvalue weighted by Crippen LogP contribution is -2.41. The summed E-state index contributed by atoms with van der Waals surface area (Å²) >= 11 is 0. The normalized spacial score (nSPS) is 17.6. The average Bonchev–Trinajstić information content (AvgIpc) is 2.94. The number of hydrogen-bond donors (Lipinski definition) is 2. The van der Waals surface area contributed by atoms with Crippen molar-refractivity contribution in [1.29, 1.82) is 0 Å². The van der Waals surface area contributed by atoms with Crippen molar-refractivity contribution in [3.05, 3.63) is 24.3 Å². The minimum absolute atomic E-state index is 0.0214. The maximum absolute atomic E-state index is 12.6. The molecule has 2 rings (SSSR count). The van der Waals surface area contributed by atoms with Crippen LogP contribution < -0.4 is 11.1 Å². The second-order valence-electron chi connectivity index (χ2n) is 11.0. The van der Waals surface area contributed by atoms with Crippen LogP contribution in [0.5, 0.6) is 0 Å². The Bertz CT molecular complexity index is 726. The molecule has 1 aliphatic carbocycles. The lowest BCUT2D eigenvalue weighted by molar-refractivity contribution is -0.144. The van der Waals surface area contributed by atoms with Crippen LogP contribution in [0.4, 0.5) is 0 Å². The molecule has 0 spiro atoms. The molecule has 0 radical (unpaired) electrons. The highest BCUT2D eigenvalue weighted by Gasteiger charge is 2.24. The van der Waals surface area contributed by atoms with Crippen molar-refractivity contribution in [3.8, 4) is 0 Å². The van der Waals surface area contributed by atoms with Crippen molar-refractivity contribution in [2.45, 2.75) is 100 Å². The van der Waals surface area contributed by atoms with Crippen molar-refractivity contribution < 1.29 is 14.3 Å². The van der Waals surface area contributed by atoms with Crippen LogP contribution in [0.1, 0.15) is 100 Å². The molecule has 1 saturated heterocycles. The lowest BCUT2D eigenvalue weighted by Gasteiger charge is -2.31. The first kappa shape index (κ1) is 39.2. The summed E-state index contributed by atoms with van der Waals surface area (Å²) in [6.45, 7) is 26.1. The number of nitrogens with zero attached hydrogens (tertiary/aromatic N) is 2. The maximum atomic E-state index is 12.6. The Hall–Kier alpha value is -1.99. The first-order chi connectivity index (χ1) is 18.5. The van der Waals surface area contributed by atoms with E-state index in [2.05, 4.69) is 49.1 Å². The Labute approximate surface area is 241 Å². The van der Waals surface area contributed by atoms with E-state index in [0.717, 1.165) is 55.3 Å². The molecule has 3 N–H and O–H groups in total. The third-order valence-electron chi connectivity index (χ3n) is 7.17. The molecule has 0 atom stereocenters. The number of esters is 1. The van der Waals surface area contributed by atoms with E-state index in [-0.39, 0.29) is 17.3 Å². The fraction of sp³-hybridized carbons (Fsp3) is 0.781. The van der Waals surface area contributed by atoms with Gasteiger partial charge in [0.1, 0.15) is 0 Å². The van der Waals surface area contributed by atoms with E-state index < -0.39 is 0 Å². The molecule has 0 aromatic heterocycles. The van der Waals surface area contributed by atoms with Crippen LogP contribution in [0.3, 0.4) is 0 Å². The summed E-state index contributed by atoms with van der Waals surface area (Å²) in [4.78, 5) is 30.6. The number of allylic oxidation sites excluding steroid dienone is 1. The second-order valence-corrected chi connectivity index (χ2v) is 11.0. The third-order valence-corrected chi connectivity index (χ3v) is 7.17. The van der Waals surface area contributed by atoms with Crippen molar-refractivity contribution >= 4 is 17.6 Å². The van der Waals surface area contributed by atoms with E-state index >= 15 is 0 Å². The predicted octanol–water partition coefficient (Wildman–Crippen LogP) is 6.18. The third kappa shape index (κ3) is 16.7. The fourth-order valence-electron chi connectivity index (χ4n) is 4.94. The van der Waals surface area contributed by atoms with E-state index in [0.29, 0.717) is 25.6 Å². The molecule has 2 aliphatic rings. The predicted molar refractivity (Wildman–Crippen MR) is 168 cm³/mol. The van der Waals surface area contributed by atoms with Crippen LogP contribution in [0.15, 0.2) is 29.3 Å². The van der Waals surface area contributed by atoms with Gasteiger partial charge in [-0.3, -0.25) is 19.5 Å². The van der Waals surface area contributed by atoms with Gasteiger partial charge in [0.05, 0.1) is 13.2 Å². The largest absolute Gasteiger partial charge is 0.465 e. The van der Waals surface area contributed by atoms with Crippen LogP contribution >= 0.6 is 0 Å². The molecule has 39 heavy (non-hydrogen) atoms.